The van der Waals surface area contributed by atoms with Crippen LogP contribution in [0.5, 0.6) is 0 Å². The number of nitrogens with one attached hydrogen (secondary N) is 1. The third-order valence-corrected chi connectivity index (χ3v) is 3.25. The van der Waals surface area contributed by atoms with Crippen LogP contribution in [0.2, 0.25) is 0 Å². The monoisotopic (exact) mass is 265 g/mol. The van der Waals surface area contributed by atoms with Crippen LogP contribution in [0.15, 0.2) is 0 Å². The summed E-state index contributed by atoms with van der Waals surface area (Å²) in [5, 5.41) is 7.51. The van der Waals surface area contributed by atoms with Gasteiger partial charge in [0.1, 0.15) is 5.82 Å². The molecule has 6 nitrogen and oxygen atoms in total. The molecule has 1 amide bonds. The number of hydrogen-bond donors (Lipinski definition) is 2. The smallest absolute Gasteiger partial charge is 0.222 e. The molecule has 2 heterocycles. The minimum absolute atomic E-state index is 0.0115. The zero-order valence-electron chi connectivity index (χ0n) is 11.9. The molecule has 1 aliphatic heterocycles. The molecule has 2 unspecified atom stereocenters. The Morgan fingerprint density at radius 2 is 2.26 bits per heavy atom. The Morgan fingerprint density at radius 3 is 2.89 bits per heavy atom. The maximum atomic E-state index is 11.8. The van der Waals surface area contributed by atoms with Crippen molar-refractivity contribution in [2.75, 3.05) is 0 Å². The number of nitrogens with two attached hydrogens (primary N) is 1. The van der Waals surface area contributed by atoms with E-state index in [2.05, 4.69) is 29.2 Å². The molecule has 0 aliphatic carbocycles. The molecule has 1 aromatic heterocycles. The zero-order chi connectivity index (χ0) is 14.0. The Labute approximate surface area is 113 Å². The third-order valence-electron chi connectivity index (χ3n) is 3.25. The van der Waals surface area contributed by atoms with Gasteiger partial charge in [-0.05, 0) is 19.8 Å². The van der Waals surface area contributed by atoms with Gasteiger partial charge in [-0.3, -0.25) is 4.79 Å². The van der Waals surface area contributed by atoms with Gasteiger partial charge in [-0.25, -0.2) is 9.67 Å². The van der Waals surface area contributed by atoms with Crippen LogP contribution in [-0.4, -0.2) is 26.7 Å². The van der Waals surface area contributed by atoms with Crippen molar-refractivity contribution in [2.45, 2.75) is 64.6 Å². The van der Waals surface area contributed by atoms with Crippen LogP contribution in [0.3, 0.4) is 0 Å². The summed E-state index contributed by atoms with van der Waals surface area (Å²) >= 11 is 0. The highest BCUT2D eigenvalue weighted by molar-refractivity contribution is 5.76. The first-order chi connectivity index (χ1) is 8.97. The van der Waals surface area contributed by atoms with Gasteiger partial charge in [0.25, 0.3) is 0 Å². The Balaban J connectivity index is 2.11. The minimum Gasteiger partial charge on any atom is -0.346 e. The van der Waals surface area contributed by atoms with Crippen molar-refractivity contribution in [1.82, 2.24) is 20.1 Å². The van der Waals surface area contributed by atoms with Gasteiger partial charge in [0.15, 0.2) is 5.82 Å². The summed E-state index contributed by atoms with van der Waals surface area (Å²) < 4.78 is 1.93. The van der Waals surface area contributed by atoms with E-state index in [1.807, 2.05) is 11.6 Å². The van der Waals surface area contributed by atoms with Crippen molar-refractivity contribution >= 4 is 5.91 Å². The number of carbonyl (C=O) groups is 1. The average Bonchev–Trinajstić information content (AvgIpc) is 2.72. The number of carbonyl (C=O) groups excluding carboxylic acids is 1. The second kappa shape index (κ2) is 5.69. The van der Waals surface area contributed by atoms with Gasteiger partial charge in [-0.2, -0.15) is 5.10 Å². The van der Waals surface area contributed by atoms with Crippen molar-refractivity contribution in [3.8, 4) is 0 Å². The van der Waals surface area contributed by atoms with Crippen molar-refractivity contribution in [3.05, 3.63) is 11.6 Å². The summed E-state index contributed by atoms with van der Waals surface area (Å²) in [7, 11) is 0. The normalized spacial score (nSPS) is 20.2. The number of nitrogens with zero attached hydrogens (tertiary/aromatic N) is 3. The summed E-state index contributed by atoms with van der Waals surface area (Å²) in [6.07, 6.45) is 2.28. The van der Waals surface area contributed by atoms with E-state index in [-0.39, 0.29) is 18.0 Å². The predicted molar refractivity (Wildman–Crippen MR) is 72.5 cm³/mol. The van der Waals surface area contributed by atoms with Crippen LogP contribution in [-0.2, 0) is 11.3 Å². The van der Waals surface area contributed by atoms with E-state index in [4.69, 9.17) is 5.73 Å². The number of aryl methyl sites for hydroxylation is 1. The van der Waals surface area contributed by atoms with Crippen LogP contribution < -0.4 is 11.1 Å². The van der Waals surface area contributed by atoms with Gasteiger partial charge in [-0.1, -0.05) is 13.8 Å². The highest BCUT2D eigenvalue weighted by Gasteiger charge is 2.26. The molecule has 3 N–H and O–H groups in total. The zero-order valence-corrected chi connectivity index (χ0v) is 11.9. The summed E-state index contributed by atoms with van der Waals surface area (Å²) in [6.45, 7) is 6.87. The molecule has 106 valence electrons. The molecule has 6 heteroatoms. The third kappa shape index (κ3) is 3.32. The molecular formula is C13H23N5O. The van der Waals surface area contributed by atoms with Gasteiger partial charge < -0.3 is 11.1 Å². The fraction of sp³-hybridized carbons (Fsp3) is 0.769. The molecule has 1 aliphatic rings. The van der Waals surface area contributed by atoms with E-state index in [9.17, 15) is 4.79 Å². The molecule has 0 spiro atoms. The highest BCUT2D eigenvalue weighted by Crippen LogP contribution is 2.24. The number of fused-ring (bicyclic) bond motifs is 1. The molecule has 0 aromatic carbocycles. The lowest BCUT2D eigenvalue weighted by Crippen LogP contribution is -2.36. The molecule has 1 aromatic rings. The first kappa shape index (κ1) is 14.0. The number of hydrogen-bond acceptors (Lipinski definition) is 4. The molecular weight excluding hydrogens is 242 g/mol. The first-order valence-corrected chi connectivity index (χ1v) is 6.97. The number of aromatic nitrogens is 3. The average molecular weight is 265 g/mol. The minimum atomic E-state index is -0.118. The Bertz CT molecular complexity index is 452. The van der Waals surface area contributed by atoms with E-state index in [1.54, 1.807) is 0 Å². The molecule has 0 radical (unpaired) electrons. The van der Waals surface area contributed by atoms with Crippen molar-refractivity contribution in [2.24, 2.45) is 5.73 Å². The molecule has 2 rings (SSSR count). The van der Waals surface area contributed by atoms with Crippen molar-refractivity contribution in [1.29, 1.82) is 0 Å². The molecule has 19 heavy (non-hydrogen) atoms. The van der Waals surface area contributed by atoms with E-state index >= 15 is 0 Å². The van der Waals surface area contributed by atoms with Crippen LogP contribution in [0.1, 0.15) is 63.6 Å². The lowest BCUT2D eigenvalue weighted by molar-refractivity contribution is -0.122. The van der Waals surface area contributed by atoms with E-state index in [0.29, 0.717) is 12.3 Å². The second-order valence-electron chi connectivity index (χ2n) is 5.65. The van der Waals surface area contributed by atoms with Crippen molar-refractivity contribution < 1.29 is 4.79 Å². The Kier molecular flexibility index (Phi) is 4.19. The van der Waals surface area contributed by atoms with E-state index < -0.39 is 0 Å². The SMILES string of the molecule is CC(N)CC(=O)NC1CCCn2nc(C(C)C)nc21. The van der Waals surface area contributed by atoms with Crippen LogP contribution in [0.25, 0.3) is 0 Å². The van der Waals surface area contributed by atoms with Crippen LogP contribution in [0, 0.1) is 0 Å². The van der Waals surface area contributed by atoms with E-state index in [0.717, 1.165) is 31.0 Å². The summed E-state index contributed by atoms with van der Waals surface area (Å²) in [4.78, 5) is 16.4. The lowest BCUT2D eigenvalue weighted by atomic mass is 10.1. The van der Waals surface area contributed by atoms with Crippen molar-refractivity contribution in [3.63, 3.8) is 0 Å². The van der Waals surface area contributed by atoms with Crippen LogP contribution in [0.4, 0.5) is 0 Å². The molecule has 0 bridgehead atoms. The van der Waals surface area contributed by atoms with Gasteiger partial charge >= 0.3 is 0 Å². The largest absolute Gasteiger partial charge is 0.346 e. The standard InChI is InChI=1S/C13H23N5O/c1-8(2)12-16-13-10(5-4-6-18(13)17-12)15-11(19)7-9(3)14/h8-10H,4-7,14H2,1-3H3,(H,15,19). The Morgan fingerprint density at radius 1 is 1.53 bits per heavy atom. The molecule has 0 fully saturated rings. The predicted octanol–water partition coefficient (Wildman–Crippen LogP) is 1.09. The highest BCUT2D eigenvalue weighted by atomic mass is 16.1. The molecule has 0 saturated heterocycles. The van der Waals surface area contributed by atoms with E-state index in [1.165, 1.54) is 0 Å². The molecule has 0 saturated carbocycles. The summed E-state index contributed by atoms with van der Waals surface area (Å²) in [6, 6.07) is -0.146. The number of rotatable bonds is 4. The first-order valence-electron chi connectivity index (χ1n) is 6.97. The quantitative estimate of drug-likeness (QED) is 0.853. The lowest BCUT2D eigenvalue weighted by Gasteiger charge is -2.23. The van der Waals surface area contributed by atoms with Gasteiger partial charge in [0, 0.05) is 24.9 Å². The van der Waals surface area contributed by atoms with Crippen LogP contribution >= 0.6 is 0 Å². The number of amides is 1. The van der Waals surface area contributed by atoms with Gasteiger partial charge in [-0.15, -0.1) is 0 Å². The maximum Gasteiger partial charge on any atom is 0.222 e. The fourth-order valence-electron chi connectivity index (χ4n) is 2.30. The summed E-state index contributed by atoms with van der Waals surface area (Å²) in [5.41, 5.74) is 5.64. The maximum absolute atomic E-state index is 11.8. The fourth-order valence-corrected chi connectivity index (χ4v) is 2.30. The summed E-state index contributed by atoms with van der Waals surface area (Å²) in [5.74, 6) is 2.03. The Hall–Kier alpha value is -1.43. The second-order valence-corrected chi connectivity index (χ2v) is 5.65. The molecule has 2 atom stereocenters. The van der Waals surface area contributed by atoms with Gasteiger partial charge in [0.2, 0.25) is 5.91 Å². The van der Waals surface area contributed by atoms with Gasteiger partial charge in [0.05, 0.1) is 6.04 Å². The topological polar surface area (TPSA) is 85.8 Å².